The Bertz CT molecular complexity index is 606. The topological polar surface area (TPSA) is 75.0 Å². The number of amides is 1. The van der Waals surface area contributed by atoms with Gasteiger partial charge in [-0.2, -0.15) is 5.10 Å². The summed E-state index contributed by atoms with van der Waals surface area (Å²) in [5, 5.41) is 6.58. The average molecular weight is 274 g/mol. The van der Waals surface area contributed by atoms with Crippen LogP contribution in [0.3, 0.4) is 0 Å². The molecule has 2 heterocycles. The van der Waals surface area contributed by atoms with E-state index in [0.717, 1.165) is 10.4 Å². The Morgan fingerprint density at radius 2 is 2.42 bits per heavy atom. The number of nitrogens with two attached hydrogens (primary N) is 1. The number of aromatic nitrogens is 2. The molecule has 0 aliphatic heterocycles. The number of aromatic amines is 1. The van der Waals surface area contributed by atoms with Crippen molar-refractivity contribution in [1.29, 1.82) is 0 Å². The van der Waals surface area contributed by atoms with E-state index in [1.165, 1.54) is 11.3 Å². The second-order valence-corrected chi connectivity index (χ2v) is 5.02. The van der Waals surface area contributed by atoms with Crippen molar-refractivity contribution < 1.29 is 4.79 Å². The number of hydrogen-bond acceptors (Lipinski definition) is 4. The van der Waals surface area contributed by atoms with Crippen LogP contribution in [0.15, 0.2) is 24.5 Å². The number of carbonyl (C=O) groups excluding carboxylic acids is 1. The highest BCUT2D eigenvalue weighted by atomic mass is 32.1. The van der Waals surface area contributed by atoms with Gasteiger partial charge >= 0.3 is 0 Å². The minimum atomic E-state index is -0.0213. The van der Waals surface area contributed by atoms with Crippen molar-refractivity contribution in [2.75, 3.05) is 13.6 Å². The lowest BCUT2D eigenvalue weighted by Gasteiger charge is -2.14. The van der Waals surface area contributed by atoms with Gasteiger partial charge in [-0.1, -0.05) is 11.8 Å². The molecule has 1 amide bonds. The van der Waals surface area contributed by atoms with E-state index >= 15 is 0 Å². The van der Waals surface area contributed by atoms with E-state index in [-0.39, 0.29) is 5.91 Å². The normalized spacial score (nSPS) is 9.79. The zero-order chi connectivity index (χ0) is 13.7. The predicted octanol–water partition coefficient (Wildman–Crippen LogP) is 1.05. The van der Waals surface area contributed by atoms with Gasteiger partial charge in [0.15, 0.2) is 0 Å². The molecule has 2 rings (SSSR count). The van der Waals surface area contributed by atoms with E-state index < -0.39 is 0 Å². The highest BCUT2D eigenvalue weighted by Gasteiger charge is 2.14. The molecule has 0 unspecified atom stereocenters. The van der Waals surface area contributed by atoms with Crippen molar-refractivity contribution >= 4 is 17.2 Å². The van der Waals surface area contributed by atoms with Crippen molar-refractivity contribution in [3.05, 3.63) is 39.8 Å². The fourth-order valence-corrected chi connectivity index (χ4v) is 2.43. The van der Waals surface area contributed by atoms with Crippen LogP contribution in [0, 0.1) is 11.8 Å². The molecule has 0 aromatic carbocycles. The van der Waals surface area contributed by atoms with Crippen molar-refractivity contribution in [1.82, 2.24) is 15.1 Å². The maximum absolute atomic E-state index is 12.2. The molecule has 0 spiro atoms. The van der Waals surface area contributed by atoms with Crippen LogP contribution < -0.4 is 5.73 Å². The minimum Gasteiger partial charge on any atom is -0.337 e. The van der Waals surface area contributed by atoms with Crippen molar-refractivity contribution in [3.63, 3.8) is 0 Å². The Morgan fingerprint density at radius 1 is 1.58 bits per heavy atom. The van der Waals surface area contributed by atoms with Crippen molar-refractivity contribution in [2.24, 2.45) is 5.73 Å². The molecular formula is C13H14N4OS. The summed E-state index contributed by atoms with van der Waals surface area (Å²) in [5.41, 5.74) is 6.28. The third-order valence-electron chi connectivity index (χ3n) is 2.45. The molecule has 6 heteroatoms. The van der Waals surface area contributed by atoms with Gasteiger partial charge in [0.05, 0.1) is 22.5 Å². The van der Waals surface area contributed by atoms with Crippen LogP contribution in [0.4, 0.5) is 0 Å². The maximum Gasteiger partial charge on any atom is 0.264 e. The number of nitrogens with one attached hydrogen (secondary N) is 1. The molecule has 2 aromatic rings. The van der Waals surface area contributed by atoms with E-state index in [0.29, 0.717) is 18.0 Å². The first-order valence-electron chi connectivity index (χ1n) is 5.72. The van der Waals surface area contributed by atoms with Gasteiger partial charge in [-0.15, -0.1) is 11.3 Å². The molecule has 0 aliphatic carbocycles. The Hall–Kier alpha value is -2.10. The van der Waals surface area contributed by atoms with Crippen LogP contribution >= 0.6 is 11.3 Å². The number of thiophene rings is 1. The van der Waals surface area contributed by atoms with Gasteiger partial charge in [0.25, 0.3) is 5.91 Å². The molecule has 0 saturated heterocycles. The third-order valence-corrected chi connectivity index (χ3v) is 3.44. The number of rotatable bonds is 3. The van der Waals surface area contributed by atoms with E-state index in [9.17, 15) is 4.79 Å². The highest BCUT2D eigenvalue weighted by molar-refractivity contribution is 7.14. The first-order valence-corrected chi connectivity index (χ1v) is 6.54. The molecule has 2 aromatic heterocycles. The standard InChI is InChI=1S/C13H14N4OS/c1-17(9-10-7-15-16-8-10)13(18)12-5-4-11(19-12)3-2-6-14/h4-5,7-8H,6,9,14H2,1H3,(H,15,16). The van der Waals surface area contributed by atoms with E-state index in [4.69, 9.17) is 5.73 Å². The Kier molecular flexibility index (Phi) is 4.34. The van der Waals surface area contributed by atoms with Gasteiger partial charge in [-0.25, -0.2) is 0 Å². The molecule has 19 heavy (non-hydrogen) atoms. The van der Waals surface area contributed by atoms with Gasteiger partial charge < -0.3 is 10.6 Å². The fourth-order valence-electron chi connectivity index (χ4n) is 1.56. The monoisotopic (exact) mass is 274 g/mol. The maximum atomic E-state index is 12.2. The molecule has 0 radical (unpaired) electrons. The summed E-state index contributed by atoms with van der Waals surface area (Å²) >= 11 is 1.38. The molecule has 98 valence electrons. The molecule has 0 fully saturated rings. The quantitative estimate of drug-likeness (QED) is 0.822. The number of carbonyl (C=O) groups is 1. The molecule has 0 saturated carbocycles. The van der Waals surface area contributed by atoms with Crippen LogP contribution in [0.2, 0.25) is 0 Å². The predicted molar refractivity (Wildman–Crippen MR) is 74.6 cm³/mol. The van der Waals surface area contributed by atoms with Gasteiger partial charge in [0, 0.05) is 25.4 Å². The molecule has 0 aliphatic rings. The highest BCUT2D eigenvalue weighted by Crippen LogP contribution is 2.17. The lowest BCUT2D eigenvalue weighted by molar-refractivity contribution is 0.0790. The summed E-state index contributed by atoms with van der Waals surface area (Å²) in [7, 11) is 1.76. The van der Waals surface area contributed by atoms with Crippen molar-refractivity contribution in [3.8, 4) is 11.8 Å². The summed E-state index contributed by atoms with van der Waals surface area (Å²) in [6.45, 7) is 0.846. The van der Waals surface area contributed by atoms with Gasteiger partial charge in [-0.05, 0) is 12.1 Å². The second kappa shape index (κ2) is 6.18. The molecule has 0 atom stereocenters. The Labute approximate surface area is 115 Å². The third kappa shape index (κ3) is 3.44. The molecule has 0 bridgehead atoms. The smallest absolute Gasteiger partial charge is 0.264 e. The van der Waals surface area contributed by atoms with Crippen molar-refractivity contribution in [2.45, 2.75) is 6.54 Å². The van der Waals surface area contributed by atoms with E-state index in [1.54, 1.807) is 30.4 Å². The summed E-state index contributed by atoms with van der Waals surface area (Å²) in [4.78, 5) is 15.4. The molecular weight excluding hydrogens is 260 g/mol. The zero-order valence-electron chi connectivity index (χ0n) is 10.5. The second-order valence-electron chi connectivity index (χ2n) is 3.94. The number of nitrogens with zero attached hydrogens (tertiary/aromatic N) is 2. The molecule has 3 N–H and O–H groups in total. The largest absolute Gasteiger partial charge is 0.337 e. The Balaban J connectivity index is 2.04. The summed E-state index contributed by atoms with van der Waals surface area (Å²) in [5.74, 6) is 5.67. The zero-order valence-corrected chi connectivity index (χ0v) is 11.3. The van der Waals surface area contributed by atoms with Crippen LogP contribution in [0.25, 0.3) is 0 Å². The summed E-state index contributed by atoms with van der Waals surface area (Å²) in [6, 6.07) is 3.63. The van der Waals surface area contributed by atoms with Crippen LogP contribution in [-0.4, -0.2) is 34.6 Å². The molecule has 5 nitrogen and oxygen atoms in total. The Morgan fingerprint density at radius 3 is 3.11 bits per heavy atom. The van der Waals surface area contributed by atoms with Gasteiger partial charge in [0.2, 0.25) is 0 Å². The van der Waals surface area contributed by atoms with E-state index in [2.05, 4.69) is 22.0 Å². The number of hydrogen-bond donors (Lipinski definition) is 2. The first-order chi connectivity index (χ1) is 9.20. The average Bonchev–Trinajstić information content (AvgIpc) is 3.06. The summed E-state index contributed by atoms with van der Waals surface area (Å²) < 4.78 is 0. The lowest BCUT2D eigenvalue weighted by Crippen LogP contribution is -2.25. The van der Waals surface area contributed by atoms with Crippen LogP contribution in [-0.2, 0) is 6.54 Å². The fraction of sp³-hybridized carbons (Fsp3) is 0.231. The van der Waals surface area contributed by atoms with Crippen LogP contribution in [0.5, 0.6) is 0 Å². The van der Waals surface area contributed by atoms with Gasteiger partial charge in [0.1, 0.15) is 0 Å². The van der Waals surface area contributed by atoms with Crippen LogP contribution in [0.1, 0.15) is 20.1 Å². The first kappa shape index (κ1) is 13.3. The minimum absolute atomic E-state index is 0.0213. The van der Waals surface area contributed by atoms with E-state index in [1.807, 2.05) is 6.07 Å². The van der Waals surface area contributed by atoms with Gasteiger partial charge in [-0.3, -0.25) is 9.89 Å². The summed E-state index contributed by atoms with van der Waals surface area (Å²) in [6.07, 6.45) is 3.48. The number of H-pyrrole nitrogens is 1. The SMILES string of the molecule is CN(Cc1cn[nH]c1)C(=O)c1ccc(C#CCN)s1. The lowest BCUT2D eigenvalue weighted by atomic mass is 10.3.